The van der Waals surface area contributed by atoms with Crippen LogP contribution in [0.25, 0.3) is 0 Å². The van der Waals surface area contributed by atoms with Crippen molar-refractivity contribution in [2.75, 3.05) is 27.7 Å². The highest BCUT2D eigenvalue weighted by Gasteiger charge is 2.45. The number of aliphatic hydroxyl groups excluding tert-OH is 1. The molecule has 6 amide bonds. The number of amides is 6. The minimum Gasteiger partial charge on any atom is -0.497 e. The average molecular weight is 1010 g/mol. The third kappa shape index (κ3) is 16.2. The van der Waals surface area contributed by atoms with Gasteiger partial charge in [0.2, 0.25) is 29.5 Å². The van der Waals surface area contributed by atoms with Crippen LogP contribution in [-0.4, -0.2) is 155 Å². The molecule has 0 aromatic heterocycles. The number of carbonyl (C=O) groups excluding carboxylic acids is 9. The summed E-state index contributed by atoms with van der Waals surface area (Å²) >= 11 is 0. The average Bonchev–Trinajstić information content (AvgIpc) is 3.82. The molecule has 0 bridgehead atoms. The molecule has 3 rings (SSSR count). The standard InChI is InChI=1S/C53H84N6O13/c1-16-31(8)43-32(9)26-42(61)72-46(30(6)7)45(62)33(10)47(63)54-38(24-28(2)3)51(67)59-23-17-18-39(59)52(68)58(14)41(27-36-19-21-37(70-15)22-20-36)53(69)71-35(12)44(49(65)55-43)56-48(64)40(25-29(4)5)57(13)50(66)34(11)60/h19-22,28-35,38-41,43-44,46,60H,16-18,23-27H2,1-15H3,(H,54,63)(H,55,65)(H,56,64). The second-order valence-electron chi connectivity index (χ2n) is 21.2. The van der Waals surface area contributed by atoms with Crippen molar-refractivity contribution in [2.45, 2.75) is 183 Å². The second kappa shape index (κ2) is 27.5. The quantitative estimate of drug-likeness (QED) is 0.154. The van der Waals surface area contributed by atoms with Crippen molar-refractivity contribution in [3.63, 3.8) is 0 Å². The number of cyclic esters (lactones) is 2. The van der Waals surface area contributed by atoms with Crippen LogP contribution in [0.3, 0.4) is 0 Å². The monoisotopic (exact) mass is 1010 g/mol. The van der Waals surface area contributed by atoms with Crippen molar-refractivity contribution >= 4 is 53.2 Å². The summed E-state index contributed by atoms with van der Waals surface area (Å²) in [7, 11) is 4.30. The van der Waals surface area contributed by atoms with Gasteiger partial charge < -0.3 is 50.0 Å². The van der Waals surface area contributed by atoms with Crippen LogP contribution < -0.4 is 20.7 Å². The number of hydrogen-bond donors (Lipinski definition) is 4. The molecular weight excluding hydrogens is 929 g/mol. The summed E-state index contributed by atoms with van der Waals surface area (Å²) in [6.45, 7) is 20.5. The van der Waals surface area contributed by atoms with E-state index < -0.39 is 125 Å². The summed E-state index contributed by atoms with van der Waals surface area (Å²) in [4.78, 5) is 132. The van der Waals surface area contributed by atoms with Crippen molar-refractivity contribution < 1.29 is 62.5 Å². The van der Waals surface area contributed by atoms with E-state index in [1.807, 2.05) is 41.5 Å². The lowest BCUT2D eigenvalue weighted by atomic mass is 9.86. The van der Waals surface area contributed by atoms with Gasteiger partial charge in [0.25, 0.3) is 5.91 Å². The summed E-state index contributed by atoms with van der Waals surface area (Å²) in [6.07, 6.45) is -3.04. The van der Waals surface area contributed by atoms with E-state index >= 15 is 0 Å². The Bertz CT molecular complexity index is 2060. The third-order valence-corrected chi connectivity index (χ3v) is 14.0. The summed E-state index contributed by atoms with van der Waals surface area (Å²) in [5.74, 6) is -9.04. The maximum absolute atomic E-state index is 14.9. The van der Waals surface area contributed by atoms with Crippen LogP contribution in [0.2, 0.25) is 0 Å². The van der Waals surface area contributed by atoms with E-state index in [4.69, 9.17) is 14.2 Å². The van der Waals surface area contributed by atoms with Crippen molar-refractivity contribution in [1.82, 2.24) is 30.7 Å². The molecule has 19 nitrogen and oxygen atoms in total. The predicted molar refractivity (Wildman–Crippen MR) is 269 cm³/mol. The zero-order valence-corrected chi connectivity index (χ0v) is 45.3. The van der Waals surface area contributed by atoms with Crippen molar-refractivity contribution in [3.8, 4) is 5.75 Å². The van der Waals surface area contributed by atoms with E-state index in [9.17, 15) is 48.3 Å². The number of rotatable bonds is 14. The Morgan fingerprint density at radius 2 is 1.51 bits per heavy atom. The number of ketones is 1. The molecule has 0 spiro atoms. The summed E-state index contributed by atoms with van der Waals surface area (Å²) in [6, 6.07) is -0.239. The van der Waals surface area contributed by atoms with Gasteiger partial charge in [-0.25, -0.2) is 4.79 Å². The third-order valence-electron chi connectivity index (χ3n) is 14.0. The van der Waals surface area contributed by atoms with Gasteiger partial charge in [-0.1, -0.05) is 80.9 Å². The maximum Gasteiger partial charge on any atom is 0.329 e. The van der Waals surface area contributed by atoms with Crippen LogP contribution in [0.1, 0.15) is 127 Å². The van der Waals surface area contributed by atoms with Gasteiger partial charge >= 0.3 is 11.9 Å². The molecule has 1 aromatic carbocycles. The van der Waals surface area contributed by atoms with E-state index in [2.05, 4.69) is 16.0 Å². The van der Waals surface area contributed by atoms with E-state index in [-0.39, 0.29) is 56.4 Å². The minimum atomic E-state index is -1.61. The molecule has 19 heteroatoms. The summed E-state index contributed by atoms with van der Waals surface area (Å²) in [5.41, 5.74) is 0.610. The largest absolute Gasteiger partial charge is 0.497 e. The molecule has 12 atom stereocenters. The molecule has 404 valence electrons. The molecule has 0 aliphatic carbocycles. The van der Waals surface area contributed by atoms with Crippen LogP contribution >= 0.6 is 0 Å². The van der Waals surface area contributed by atoms with Gasteiger partial charge in [0.1, 0.15) is 48.2 Å². The van der Waals surface area contributed by atoms with Gasteiger partial charge in [0.05, 0.1) is 19.4 Å². The summed E-state index contributed by atoms with van der Waals surface area (Å²) in [5, 5.41) is 18.7. The molecule has 2 aliphatic heterocycles. The zero-order valence-electron chi connectivity index (χ0n) is 45.3. The molecule has 2 saturated heterocycles. The first kappa shape index (κ1) is 60.7. The van der Waals surface area contributed by atoms with Crippen molar-refractivity contribution in [1.29, 1.82) is 0 Å². The highest BCUT2D eigenvalue weighted by Crippen LogP contribution is 2.27. The fraction of sp³-hybridized carbons (Fsp3) is 0.717. The number of nitrogens with zero attached hydrogens (tertiary/aromatic N) is 3. The smallest absolute Gasteiger partial charge is 0.329 e. The number of nitrogens with one attached hydrogen (secondary N) is 3. The number of carbonyl (C=O) groups is 9. The van der Waals surface area contributed by atoms with Crippen LogP contribution in [0.4, 0.5) is 0 Å². The van der Waals surface area contributed by atoms with Gasteiger partial charge in [-0.05, 0) is 93.7 Å². The zero-order chi connectivity index (χ0) is 54.5. The van der Waals surface area contributed by atoms with Gasteiger partial charge in [-0.2, -0.15) is 0 Å². The number of Topliss-reactive ketones (excluding diaryl/α,β-unsaturated/α-hetero) is 1. The Kier molecular flexibility index (Phi) is 23.2. The molecule has 72 heavy (non-hydrogen) atoms. The number of esters is 2. The van der Waals surface area contributed by atoms with Crippen molar-refractivity contribution in [2.24, 2.45) is 35.5 Å². The number of likely N-dealkylation sites (N-methyl/N-ethyl adjacent to an activating group) is 2. The Labute approximate surface area is 426 Å². The molecule has 2 fully saturated rings. The Morgan fingerprint density at radius 1 is 0.889 bits per heavy atom. The SMILES string of the molecule is CCC(C)C1NC(=O)C(NC(=O)C(CC(C)C)N(C)C(=O)C(C)O)C(C)OC(=O)C(Cc2ccc(OC)cc2)N(C)C(=O)C2CCCN2C(=O)C(CC(C)C)NC(=O)C(C)C(=O)C(C(C)C)OC(=O)CC1C. The van der Waals surface area contributed by atoms with E-state index in [1.165, 1.54) is 51.8 Å². The lowest BCUT2D eigenvalue weighted by Gasteiger charge is -2.36. The van der Waals surface area contributed by atoms with Gasteiger partial charge in [0.15, 0.2) is 11.9 Å². The van der Waals surface area contributed by atoms with E-state index in [0.29, 0.717) is 24.2 Å². The fourth-order valence-corrected chi connectivity index (χ4v) is 9.37. The van der Waals surface area contributed by atoms with Crippen molar-refractivity contribution in [3.05, 3.63) is 29.8 Å². The van der Waals surface area contributed by atoms with Gasteiger partial charge in [-0.15, -0.1) is 0 Å². The number of ether oxygens (including phenoxy) is 3. The molecule has 2 aliphatic rings. The molecule has 4 N–H and O–H groups in total. The number of fused-ring (bicyclic) bond motifs is 1. The number of benzene rings is 1. The molecule has 12 unspecified atom stereocenters. The lowest BCUT2D eigenvalue weighted by Crippen LogP contribution is -2.61. The van der Waals surface area contributed by atoms with Crippen LogP contribution in [-0.2, 0) is 59.0 Å². The van der Waals surface area contributed by atoms with Gasteiger partial charge in [-0.3, -0.25) is 38.4 Å². The molecule has 2 heterocycles. The minimum absolute atomic E-state index is 0.0799. The normalized spacial score (nSPS) is 27.1. The Morgan fingerprint density at radius 3 is 2.06 bits per heavy atom. The first-order valence-corrected chi connectivity index (χ1v) is 25.6. The second-order valence-corrected chi connectivity index (χ2v) is 21.2. The highest BCUT2D eigenvalue weighted by atomic mass is 16.6. The van der Waals surface area contributed by atoms with Crippen LogP contribution in [0.15, 0.2) is 24.3 Å². The highest BCUT2D eigenvalue weighted by molar-refractivity contribution is 6.05. The first-order chi connectivity index (χ1) is 33.6. The first-order valence-electron chi connectivity index (χ1n) is 25.6. The van der Waals surface area contributed by atoms with E-state index in [0.717, 1.165) is 4.90 Å². The molecule has 0 saturated carbocycles. The number of aliphatic hydroxyl groups is 1. The number of hydrogen-bond acceptors (Lipinski definition) is 13. The predicted octanol–water partition coefficient (Wildman–Crippen LogP) is 3.60. The van der Waals surface area contributed by atoms with Crippen LogP contribution in [0.5, 0.6) is 5.75 Å². The van der Waals surface area contributed by atoms with E-state index in [1.54, 1.807) is 45.0 Å². The number of methoxy groups -OCH3 is 1. The Hall–Kier alpha value is -5.59. The Balaban J connectivity index is 2.29. The summed E-state index contributed by atoms with van der Waals surface area (Å²) < 4.78 is 17.3. The topological polar surface area (TPSA) is 247 Å². The maximum atomic E-state index is 14.9. The molecular formula is C53H84N6O13. The molecule has 0 radical (unpaired) electrons. The molecule has 1 aromatic rings. The lowest BCUT2D eigenvalue weighted by molar-refractivity contribution is -0.162. The van der Waals surface area contributed by atoms with Gasteiger partial charge in [0, 0.05) is 33.1 Å². The van der Waals surface area contributed by atoms with Crippen LogP contribution in [0, 0.1) is 35.5 Å². The fourth-order valence-electron chi connectivity index (χ4n) is 9.37.